The van der Waals surface area contributed by atoms with Gasteiger partial charge >= 0.3 is 0 Å². The highest BCUT2D eigenvalue weighted by Gasteiger charge is 2.21. The maximum absolute atomic E-state index is 12.5. The van der Waals surface area contributed by atoms with E-state index in [0.717, 1.165) is 10.5 Å². The van der Waals surface area contributed by atoms with E-state index in [4.69, 9.17) is 11.6 Å². The van der Waals surface area contributed by atoms with Crippen molar-refractivity contribution < 1.29 is 13.2 Å². The van der Waals surface area contributed by atoms with Crippen LogP contribution in [-0.2, 0) is 21.4 Å². The fourth-order valence-electron chi connectivity index (χ4n) is 2.45. The number of thioether (sulfide) groups is 1. The van der Waals surface area contributed by atoms with Crippen LogP contribution in [0.15, 0.2) is 58.3 Å². The van der Waals surface area contributed by atoms with Crippen LogP contribution in [0.1, 0.15) is 19.4 Å². The molecule has 0 heterocycles. The average molecular weight is 427 g/mol. The number of hydrogen-bond acceptors (Lipinski definition) is 4. The SMILES string of the molecule is CCN(CC)S(=O)(=O)c1ccc(CNC(=O)CSc2ccccc2Cl)cc1. The predicted molar refractivity (Wildman–Crippen MR) is 111 cm³/mol. The topological polar surface area (TPSA) is 66.5 Å². The lowest BCUT2D eigenvalue weighted by atomic mass is 10.2. The summed E-state index contributed by atoms with van der Waals surface area (Å²) in [5.74, 6) is 0.151. The highest BCUT2D eigenvalue weighted by molar-refractivity contribution is 8.00. The van der Waals surface area contributed by atoms with E-state index in [0.29, 0.717) is 24.7 Å². The lowest BCUT2D eigenvalue weighted by Crippen LogP contribution is -2.30. The summed E-state index contributed by atoms with van der Waals surface area (Å²) in [6.45, 7) is 4.82. The molecule has 5 nitrogen and oxygen atoms in total. The van der Waals surface area contributed by atoms with Crippen LogP contribution in [0.5, 0.6) is 0 Å². The van der Waals surface area contributed by atoms with Crippen LogP contribution in [-0.4, -0.2) is 37.5 Å². The molecule has 2 rings (SSSR count). The first-order valence-corrected chi connectivity index (χ1v) is 11.4. The highest BCUT2D eigenvalue weighted by Crippen LogP contribution is 2.26. The molecule has 0 aliphatic heterocycles. The minimum Gasteiger partial charge on any atom is -0.351 e. The summed E-state index contributed by atoms with van der Waals surface area (Å²) in [7, 11) is -3.46. The van der Waals surface area contributed by atoms with E-state index in [1.165, 1.54) is 16.1 Å². The third kappa shape index (κ3) is 5.97. The Balaban J connectivity index is 1.89. The van der Waals surface area contributed by atoms with Crippen molar-refractivity contribution in [3.05, 3.63) is 59.1 Å². The number of hydrogen-bond donors (Lipinski definition) is 1. The Hall–Kier alpha value is -1.54. The molecule has 8 heteroatoms. The number of amides is 1. The van der Waals surface area contributed by atoms with Gasteiger partial charge in [-0.25, -0.2) is 8.42 Å². The molecule has 0 aromatic heterocycles. The van der Waals surface area contributed by atoms with Crippen molar-refractivity contribution in [1.82, 2.24) is 9.62 Å². The van der Waals surface area contributed by atoms with E-state index < -0.39 is 10.0 Å². The fraction of sp³-hybridized carbons (Fsp3) is 0.316. The molecule has 146 valence electrons. The Kier molecular flexibility index (Phi) is 8.16. The zero-order chi connectivity index (χ0) is 19.9. The molecule has 0 spiro atoms. The smallest absolute Gasteiger partial charge is 0.243 e. The Labute approximate surface area is 170 Å². The molecule has 0 unspecified atom stereocenters. The summed E-state index contributed by atoms with van der Waals surface area (Å²) >= 11 is 7.45. The summed E-state index contributed by atoms with van der Waals surface area (Å²) in [6, 6.07) is 14.0. The number of sulfonamides is 1. The number of halogens is 1. The molecule has 27 heavy (non-hydrogen) atoms. The summed E-state index contributed by atoms with van der Waals surface area (Å²) in [5.41, 5.74) is 0.838. The van der Waals surface area contributed by atoms with Crippen LogP contribution in [0.3, 0.4) is 0 Å². The van der Waals surface area contributed by atoms with Crippen LogP contribution in [0.25, 0.3) is 0 Å². The largest absolute Gasteiger partial charge is 0.351 e. The quantitative estimate of drug-likeness (QED) is 0.619. The minimum atomic E-state index is -3.46. The number of carbonyl (C=O) groups excluding carboxylic acids is 1. The molecule has 0 atom stereocenters. The first kappa shape index (κ1) is 21.8. The number of nitrogens with one attached hydrogen (secondary N) is 1. The monoisotopic (exact) mass is 426 g/mol. The summed E-state index contributed by atoms with van der Waals surface area (Å²) in [5, 5.41) is 3.45. The molecule has 1 N–H and O–H groups in total. The van der Waals surface area contributed by atoms with Gasteiger partial charge in [0, 0.05) is 24.5 Å². The molecule has 0 bridgehead atoms. The van der Waals surface area contributed by atoms with Gasteiger partial charge in [-0.1, -0.05) is 49.7 Å². The fourth-order valence-corrected chi connectivity index (χ4v) is 4.98. The molecule has 0 radical (unpaired) electrons. The van der Waals surface area contributed by atoms with E-state index in [1.54, 1.807) is 30.3 Å². The van der Waals surface area contributed by atoms with Crippen molar-refractivity contribution >= 4 is 39.3 Å². The summed E-state index contributed by atoms with van der Waals surface area (Å²) < 4.78 is 26.3. The molecule has 0 aliphatic carbocycles. The second kappa shape index (κ2) is 10.1. The molecule has 1 amide bonds. The Morgan fingerprint density at radius 3 is 2.30 bits per heavy atom. The molecule has 2 aromatic rings. The van der Waals surface area contributed by atoms with Crippen molar-refractivity contribution in [1.29, 1.82) is 0 Å². The molecular weight excluding hydrogens is 404 g/mol. The molecule has 0 fully saturated rings. The third-order valence-electron chi connectivity index (χ3n) is 3.95. The van der Waals surface area contributed by atoms with Crippen molar-refractivity contribution in [2.75, 3.05) is 18.8 Å². The minimum absolute atomic E-state index is 0.111. The number of benzene rings is 2. The second-order valence-corrected chi connectivity index (χ2v) is 9.09. The standard InChI is InChI=1S/C19H23ClN2O3S2/c1-3-22(4-2)27(24,25)16-11-9-15(10-12-16)13-21-19(23)14-26-18-8-6-5-7-17(18)20/h5-12H,3-4,13-14H2,1-2H3,(H,21,23). The van der Waals surface area contributed by atoms with Gasteiger partial charge in [0.25, 0.3) is 0 Å². The zero-order valence-corrected chi connectivity index (χ0v) is 17.7. The van der Waals surface area contributed by atoms with E-state index in [9.17, 15) is 13.2 Å². The Morgan fingerprint density at radius 2 is 1.70 bits per heavy atom. The molecule has 0 aliphatic rings. The molecular formula is C19H23ClN2O3S2. The zero-order valence-electron chi connectivity index (χ0n) is 15.3. The average Bonchev–Trinajstić information content (AvgIpc) is 2.67. The van der Waals surface area contributed by atoms with Gasteiger partial charge < -0.3 is 5.32 Å². The van der Waals surface area contributed by atoms with E-state index in [1.807, 2.05) is 32.0 Å². The van der Waals surface area contributed by atoms with Gasteiger partial charge in [-0.2, -0.15) is 4.31 Å². The third-order valence-corrected chi connectivity index (χ3v) is 7.53. The van der Waals surface area contributed by atoms with Gasteiger partial charge in [0.15, 0.2) is 0 Å². The van der Waals surface area contributed by atoms with Crippen molar-refractivity contribution in [3.8, 4) is 0 Å². The normalized spacial score (nSPS) is 11.6. The maximum atomic E-state index is 12.5. The molecule has 2 aromatic carbocycles. The van der Waals surface area contributed by atoms with Gasteiger partial charge in [-0.15, -0.1) is 11.8 Å². The van der Waals surface area contributed by atoms with E-state index in [2.05, 4.69) is 5.32 Å². The highest BCUT2D eigenvalue weighted by atomic mass is 35.5. The van der Waals surface area contributed by atoms with Gasteiger partial charge in [-0.05, 0) is 29.8 Å². The first-order valence-electron chi connectivity index (χ1n) is 8.61. The lowest BCUT2D eigenvalue weighted by Gasteiger charge is -2.18. The van der Waals surface area contributed by atoms with Crippen LogP contribution >= 0.6 is 23.4 Å². The van der Waals surface area contributed by atoms with Crippen LogP contribution in [0.4, 0.5) is 0 Å². The van der Waals surface area contributed by atoms with Gasteiger partial charge in [0.2, 0.25) is 15.9 Å². The van der Waals surface area contributed by atoms with Crippen molar-refractivity contribution in [2.24, 2.45) is 0 Å². The second-order valence-electron chi connectivity index (χ2n) is 5.73. The van der Waals surface area contributed by atoms with Crippen LogP contribution in [0, 0.1) is 0 Å². The number of carbonyl (C=O) groups is 1. The van der Waals surface area contributed by atoms with E-state index in [-0.39, 0.29) is 16.6 Å². The summed E-state index contributed by atoms with van der Waals surface area (Å²) in [6.07, 6.45) is 0. The van der Waals surface area contributed by atoms with Crippen LogP contribution < -0.4 is 5.32 Å². The van der Waals surface area contributed by atoms with Crippen molar-refractivity contribution in [2.45, 2.75) is 30.2 Å². The first-order chi connectivity index (χ1) is 12.9. The number of rotatable bonds is 9. The Morgan fingerprint density at radius 1 is 1.07 bits per heavy atom. The number of nitrogens with zero attached hydrogens (tertiary/aromatic N) is 1. The van der Waals surface area contributed by atoms with E-state index >= 15 is 0 Å². The van der Waals surface area contributed by atoms with Gasteiger partial charge in [0.1, 0.15) is 0 Å². The summed E-state index contributed by atoms with van der Waals surface area (Å²) in [4.78, 5) is 13.1. The molecule has 0 saturated heterocycles. The maximum Gasteiger partial charge on any atom is 0.243 e. The van der Waals surface area contributed by atoms with Crippen LogP contribution in [0.2, 0.25) is 5.02 Å². The lowest BCUT2D eigenvalue weighted by molar-refractivity contribution is -0.118. The predicted octanol–water partition coefficient (Wildman–Crippen LogP) is 3.78. The van der Waals surface area contributed by atoms with Crippen molar-refractivity contribution in [3.63, 3.8) is 0 Å². The molecule has 0 saturated carbocycles. The van der Waals surface area contributed by atoms with Gasteiger partial charge in [-0.3, -0.25) is 4.79 Å². The van der Waals surface area contributed by atoms with Gasteiger partial charge in [0.05, 0.1) is 15.7 Å². The Bertz CT molecular complexity index is 867.